The first-order valence-corrected chi connectivity index (χ1v) is 9.27. The molecule has 0 aliphatic rings. The Morgan fingerprint density at radius 3 is 2.37 bits per heavy atom. The van der Waals surface area contributed by atoms with Gasteiger partial charge in [-0.3, -0.25) is 4.79 Å². The summed E-state index contributed by atoms with van der Waals surface area (Å²) in [6.45, 7) is 1.96. The van der Waals surface area contributed by atoms with Crippen LogP contribution in [0.5, 0.6) is 0 Å². The van der Waals surface area contributed by atoms with Crippen LogP contribution in [0.25, 0.3) is 27.9 Å². The summed E-state index contributed by atoms with van der Waals surface area (Å²) in [5.74, 6) is 0.921. The van der Waals surface area contributed by atoms with Gasteiger partial charge in [-0.1, -0.05) is 24.3 Å². The van der Waals surface area contributed by atoms with E-state index < -0.39 is 0 Å². The minimum atomic E-state index is 0.617. The van der Waals surface area contributed by atoms with E-state index in [1.54, 1.807) is 18.3 Å². The highest BCUT2D eigenvalue weighted by Gasteiger charge is 2.15. The van der Waals surface area contributed by atoms with Crippen molar-refractivity contribution in [1.82, 2.24) is 9.55 Å². The van der Waals surface area contributed by atoms with Gasteiger partial charge in [0, 0.05) is 29.2 Å². The Morgan fingerprint density at radius 1 is 1.07 bits per heavy atom. The Balaban J connectivity index is 1.79. The molecule has 4 rings (SSSR count). The topological polar surface area (TPSA) is 58.7 Å². The van der Waals surface area contributed by atoms with Gasteiger partial charge >= 0.3 is 0 Å². The average Bonchev–Trinajstić information content (AvgIpc) is 3.34. The second-order valence-corrected chi connectivity index (χ2v) is 7.00. The van der Waals surface area contributed by atoms with Gasteiger partial charge in [-0.2, -0.15) is 5.26 Å². The Hall–Kier alpha value is -3.49. The molecule has 130 valence electrons. The Morgan fingerprint density at radius 2 is 1.78 bits per heavy atom. The number of benzene rings is 2. The lowest BCUT2D eigenvalue weighted by molar-refractivity contribution is 0.112. The molecule has 0 N–H and O–H groups in total. The second-order valence-electron chi connectivity index (χ2n) is 6.09. The summed E-state index contributed by atoms with van der Waals surface area (Å²) < 4.78 is 2.01. The minimum Gasteiger partial charge on any atom is -0.304 e. The van der Waals surface area contributed by atoms with Crippen molar-refractivity contribution in [1.29, 1.82) is 5.26 Å². The van der Waals surface area contributed by atoms with Crippen molar-refractivity contribution in [2.24, 2.45) is 0 Å². The number of carbonyl (C=O) groups excluding carboxylic acids is 1. The molecule has 4 nitrogen and oxygen atoms in total. The van der Waals surface area contributed by atoms with Crippen LogP contribution in [-0.2, 0) is 0 Å². The van der Waals surface area contributed by atoms with Crippen molar-refractivity contribution in [2.45, 2.75) is 6.92 Å². The summed E-state index contributed by atoms with van der Waals surface area (Å²) in [5.41, 5.74) is 5.54. The van der Waals surface area contributed by atoms with Crippen LogP contribution in [0.4, 0.5) is 0 Å². The average molecular weight is 369 g/mol. The molecule has 0 aliphatic heterocycles. The van der Waals surface area contributed by atoms with Crippen molar-refractivity contribution in [3.05, 3.63) is 82.6 Å². The number of aromatic nitrogens is 2. The largest absolute Gasteiger partial charge is 0.304 e. The monoisotopic (exact) mass is 369 g/mol. The molecule has 0 amide bonds. The summed E-state index contributed by atoms with van der Waals surface area (Å²) in [6, 6.07) is 17.7. The van der Waals surface area contributed by atoms with Crippen LogP contribution in [0.3, 0.4) is 0 Å². The van der Waals surface area contributed by atoms with E-state index in [1.807, 2.05) is 59.5 Å². The number of hydrogen-bond acceptors (Lipinski definition) is 4. The van der Waals surface area contributed by atoms with E-state index in [1.165, 1.54) is 11.3 Å². The van der Waals surface area contributed by atoms with Crippen LogP contribution >= 0.6 is 11.3 Å². The predicted molar refractivity (Wildman–Crippen MR) is 107 cm³/mol. The number of hydrogen-bond donors (Lipinski definition) is 0. The molecule has 0 bridgehead atoms. The summed E-state index contributed by atoms with van der Waals surface area (Å²) >= 11 is 1.43. The van der Waals surface area contributed by atoms with Gasteiger partial charge in [0.25, 0.3) is 0 Å². The molecule has 0 aliphatic carbocycles. The summed E-state index contributed by atoms with van der Waals surface area (Å²) in [6.07, 6.45) is 4.60. The molecule has 5 heteroatoms. The molecule has 2 heterocycles. The number of carbonyl (C=O) groups is 1. The molecule has 2 aromatic carbocycles. The van der Waals surface area contributed by atoms with E-state index in [2.05, 4.69) is 11.1 Å². The lowest BCUT2D eigenvalue weighted by atomic mass is 9.96. The summed E-state index contributed by atoms with van der Waals surface area (Å²) in [5, 5.41) is 11.0. The van der Waals surface area contributed by atoms with Crippen molar-refractivity contribution in [3.63, 3.8) is 0 Å². The third-order valence-corrected chi connectivity index (χ3v) is 5.42. The van der Waals surface area contributed by atoms with E-state index in [9.17, 15) is 4.79 Å². The second kappa shape index (κ2) is 7.02. The van der Waals surface area contributed by atoms with Crippen LogP contribution < -0.4 is 0 Å². The SMILES string of the molecule is Cc1nccn1-c1ccc(-c2c(-c3ccc(C#N)cc3)csc2C=O)cc1. The number of rotatable bonds is 4. The quantitative estimate of drug-likeness (QED) is 0.461. The molecular formula is C22H15N3OS. The van der Waals surface area contributed by atoms with Gasteiger partial charge in [-0.25, -0.2) is 4.98 Å². The van der Waals surface area contributed by atoms with Crippen LogP contribution in [0.1, 0.15) is 21.1 Å². The molecule has 0 saturated carbocycles. The van der Waals surface area contributed by atoms with Crippen molar-refractivity contribution in [2.75, 3.05) is 0 Å². The maximum atomic E-state index is 11.6. The first kappa shape index (κ1) is 17.0. The molecule has 2 aromatic heterocycles. The zero-order valence-corrected chi connectivity index (χ0v) is 15.4. The molecule has 0 spiro atoms. The van der Waals surface area contributed by atoms with Gasteiger partial charge in [0.05, 0.1) is 16.5 Å². The highest BCUT2D eigenvalue weighted by Crippen LogP contribution is 2.39. The fourth-order valence-corrected chi connectivity index (χ4v) is 4.03. The molecule has 0 saturated heterocycles. The van der Waals surface area contributed by atoms with E-state index in [4.69, 9.17) is 5.26 Å². The van der Waals surface area contributed by atoms with Gasteiger partial charge < -0.3 is 4.57 Å². The van der Waals surface area contributed by atoms with Crippen molar-refractivity contribution < 1.29 is 4.79 Å². The predicted octanol–water partition coefficient (Wildman–Crippen LogP) is 5.26. The number of nitriles is 1. The van der Waals surface area contributed by atoms with Gasteiger partial charge in [-0.05, 0) is 47.7 Å². The summed E-state index contributed by atoms with van der Waals surface area (Å²) in [4.78, 5) is 16.6. The molecule has 4 aromatic rings. The molecule has 0 unspecified atom stereocenters. The molecule has 0 radical (unpaired) electrons. The summed E-state index contributed by atoms with van der Waals surface area (Å²) in [7, 11) is 0. The fourth-order valence-electron chi connectivity index (χ4n) is 3.13. The third-order valence-electron chi connectivity index (χ3n) is 4.51. The van der Waals surface area contributed by atoms with Gasteiger partial charge in [0.1, 0.15) is 5.82 Å². The molecule has 0 atom stereocenters. The van der Waals surface area contributed by atoms with E-state index in [0.29, 0.717) is 10.4 Å². The molecule has 0 fully saturated rings. The number of imidazole rings is 1. The molecule has 27 heavy (non-hydrogen) atoms. The normalized spacial score (nSPS) is 10.5. The third kappa shape index (κ3) is 3.07. The standard InChI is InChI=1S/C22H15N3OS/c1-15-24-10-11-25(15)19-8-6-18(7-9-19)22-20(14-27-21(22)13-26)17-4-2-16(12-23)3-5-17/h2-11,13-14H,1H3. The van der Waals surface area contributed by atoms with Crippen LogP contribution in [-0.4, -0.2) is 15.8 Å². The first-order chi connectivity index (χ1) is 13.2. The molecular weight excluding hydrogens is 354 g/mol. The van der Waals surface area contributed by atoms with E-state index in [0.717, 1.165) is 40.1 Å². The Labute approximate surface area is 161 Å². The zero-order valence-electron chi connectivity index (χ0n) is 14.6. The van der Waals surface area contributed by atoms with Gasteiger partial charge in [-0.15, -0.1) is 11.3 Å². The van der Waals surface area contributed by atoms with Gasteiger partial charge in [0.2, 0.25) is 0 Å². The lowest BCUT2D eigenvalue weighted by Gasteiger charge is -2.09. The highest BCUT2D eigenvalue weighted by molar-refractivity contribution is 7.12. The maximum Gasteiger partial charge on any atom is 0.160 e. The smallest absolute Gasteiger partial charge is 0.160 e. The van der Waals surface area contributed by atoms with Crippen molar-refractivity contribution in [3.8, 4) is 34.0 Å². The fraction of sp³-hybridized carbons (Fsp3) is 0.0455. The Kier molecular flexibility index (Phi) is 4.41. The number of aldehydes is 1. The van der Waals surface area contributed by atoms with E-state index >= 15 is 0 Å². The van der Waals surface area contributed by atoms with Crippen molar-refractivity contribution >= 4 is 17.6 Å². The minimum absolute atomic E-state index is 0.617. The van der Waals surface area contributed by atoms with Crippen LogP contribution in [0.15, 0.2) is 66.3 Å². The van der Waals surface area contributed by atoms with Crippen LogP contribution in [0.2, 0.25) is 0 Å². The lowest BCUT2D eigenvalue weighted by Crippen LogP contribution is -1.95. The number of nitrogens with zero attached hydrogens (tertiary/aromatic N) is 3. The van der Waals surface area contributed by atoms with E-state index in [-0.39, 0.29) is 0 Å². The first-order valence-electron chi connectivity index (χ1n) is 8.39. The zero-order chi connectivity index (χ0) is 18.8. The maximum absolute atomic E-state index is 11.6. The number of thiophene rings is 1. The van der Waals surface area contributed by atoms with Gasteiger partial charge in [0.15, 0.2) is 6.29 Å². The Bertz CT molecular complexity index is 1150. The van der Waals surface area contributed by atoms with Crippen LogP contribution in [0, 0.1) is 18.3 Å². The highest BCUT2D eigenvalue weighted by atomic mass is 32.1. The number of aryl methyl sites for hydroxylation is 1.